The Balaban J connectivity index is 4.29. The maximum Gasteiger partial charge on any atom is -0.0147 e. The van der Waals surface area contributed by atoms with Crippen LogP contribution in [0.5, 0.6) is 0 Å². The quantitative estimate of drug-likeness (QED) is 0.533. The summed E-state index contributed by atoms with van der Waals surface area (Å²) in [5, 5.41) is 0. The third kappa shape index (κ3) is 3.42. The summed E-state index contributed by atoms with van der Waals surface area (Å²) >= 11 is 0. The monoisotopic (exact) mass is 168 g/mol. The fourth-order valence-corrected chi connectivity index (χ4v) is 1.56. The van der Waals surface area contributed by atoms with Gasteiger partial charge in [0, 0.05) is 0 Å². The smallest absolute Gasteiger partial charge is 0.0147 e. The van der Waals surface area contributed by atoms with E-state index < -0.39 is 0 Å². The first-order valence-corrected chi connectivity index (χ1v) is 5.03. The van der Waals surface area contributed by atoms with Crippen molar-refractivity contribution in [2.75, 3.05) is 0 Å². The lowest BCUT2D eigenvalue weighted by Gasteiger charge is -2.34. The molecule has 0 aliphatic carbocycles. The lowest BCUT2D eigenvalue weighted by atomic mass is 9.71. The summed E-state index contributed by atoms with van der Waals surface area (Å²) in [6.07, 6.45) is 5.80. The first-order chi connectivity index (χ1) is 5.39. The zero-order chi connectivity index (χ0) is 9.83. The molecule has 0 spiro atoms. The predicted octanol–water partition coefficient (Wildman–Crippen LogP) is 4.42. The number of rotatable bonds is 5. The number of hydrogen-bond donors (Lipinski definition) is 0. The van der Waals surface area contributed by atoms with Crippen LogP contribution >= 0.6 is 0 Å². The fourth-order valence-electron chi connectivity index (χ4n) is 1.56. The highest BCUT2D eigenvalue weighted by Crippen LogP contribution is 2.38. The second-order valence-corrected chi connectivity index (χ2v) is 4.91. The van der Waals surface area contributed by atoms with E-state index in [0.717, 1.165) is 0 Å². The molecule has 0 saturated heterocycles. The lowest BCUT2D eigenvalue weighted by Crippen LogP contribution is -2.22. The van der Waals surface area contributed by atoms with Crippen LogP contribution in [-0.4, -0.2) is 0 Å². The van der Waals surface area contributed by atoms with Crippen molar-refractivity contribution in [3.63, 3.8) is 0 Å². The van der Waals surface area contributed by atoms with Crippen molar-refractivity contribution >= 4 is 0 Å². The Morgan fingerprint density at radius 1 is 1.08 bits per heavy atom. The molecule has 0 nitrogen and oxygen atoms in total. The summed E-state index contributed by atoms with van der Waals surface area (Å²) < 4.78 is 0. The van der Waals surface area contributed by atoms with Crippen molar-refractivity contribution in [2.24, 2.45) is 10.8 Å². The molecule has 1 unspecified atom stereocenters. The Bertz CT molecular complexity index is 144. The summed E-state index contributed by atoms with van der Waals surface area (Å²) in [5.41, 5.74) is 0.790. The normalized spacial score (nSPS) is 17.1. The molecule has 0 aliphatic heterocycles. The van der Waals surface area contributed by atoms with Crippen LogP contribution < -0.4 is 0 Å². The Kier molecular flexibility index (Phi) is 4.02. The lowest BCUT2D eigenvalue weighted by molar-refractivity contribution is 0.209. The Morgan fingerprint density at radius 3 is 1.83 bits per heavy atom. The van der Waals surface area contributed by atoms with E-state index in [1.54, 1.807) is 0 Å². The molecule has 72 valence electrons. The summed E-state index contributed by atoms with van der Waals surface area (Å²) in [5.74, 6) is 0. The molecule has 0 radical (unpaired) electrons. The minimum atomic E-state index is 0.333. The van der Waals surface area contributed by atoms with Crippen molar-refractivity contribution in [1.29, 1.82) is 0 Å². The highest BCUT2D eigenvalue weighted by Gasteiger charge is 2.27. The zero-order valence-corrected chi connectivity index (χ0v) is 9.41. The summed E-state index contributed by atoms with van der Waals surface area (Å²) in [6.45, 7) is 15.4. The van der Waals surface area contributed by atoms with Gasteiger partial charge in [-0.15, -0.1) is 6.58 Å². The van der Waals surface area contributed by atoms with Gasteiger partial charge < -0.3 is 0 Å². The van der Waals surface area contributed by atoms with Gasteiger partial charge in [0.15, 0.2) is 0 Å². The van der Waals surface area contributed by atoms with E-state index in [1.165, 1.54) is 19.3 Å². The topological polar surface area (TPSA) is 0 Å². The van der Waals surface area contributed by atoms with Crippen LogP contribution in [0.15, 0.2) is 12.7 Å². The molecule has 0 heterocycles. The molecular formula is C12H24. The summed E-state index contributed by atoms with van der Waals surface area (Å²) in [7, 11) is 0. The van der Waals surface area contributed by atoms with Gasteiger partial charge >= 0.3 is 0 Å². The van der Waals surface area contributed by atoms with Gasteiger partial charge in [-0.3, -0.25) is 0 Å². The van der Waals surface area contributed by atoms with Crippen molar-refractivity contribution in [3.8, 4) is 0 Å². The molecule has 0 amide bonds. The highest BCUT2D eigenvalue weighted by atomic mass is 14.3. The summed E-state index contributed by atoms with van der Waals surface area (Å²) in [6, 6.07) is 0. The van der Waals surface area contributed by atoms with Crippen molar-refractivity contribution in [3.05, 3.63) is 12.7 Å². The van der Waals surface area contributed by atoms with Gasteiger partial charge in [0.1, 0.15) is 0 Å². The molecule has 1 atom stereocenters. The van der Waals surface area contributed by atoms with Gasteiger partial charge in [-0.1, -0.05) is 47.1 Å². The van der Waals surface area contributed by atoms with Gasteiger partial charge in [0.25, 0.3) is 0 Å². The third-order valence-corrected chi connectivity index (χ3v) is 3.14. The first-order valence-electron chi connectivity index (χ1n) is 5.03. The zero-order valence-electron chi connectivity index (χ0n) is 9.41. The molecule has 0 N–H and O–H groups in total. The van der Waals surface area contributed by atoms with E-state index >= 15 is 0 Å². The van der Waals surface area contributed by atoms with Crippen LogP contribution in [0.25, 0.3) is 0 Å². The average molecular weight is 168 g/mol. The molecule has 0 aromatic rings. The molecule has 0 aromatic carbocycles. The molecular weight excluding hydrogens is 144 g/mol. The van der Waals surface area contributed by atoms with Gasteiger partial charge in [0.05, 0.1) is 0 Å². The number of hydrogen-bond acceptors (Lipinski definition) is 0. The van der Waals surface area contributed by atoms with Crippen LogP contribution in [0.3, 0.4) is 0 Å². The SMILES string of the molecule is C=CC(C)(CC)CC(C)(C)CC. The standard InChI is InChI=1S/C12H24/c1-7-11(4,5)10-12(6,8-2)9-3/h8H,2,7,9-10H2,1,3-6H3. The Morgan fingerprint density at radius 2 is 1.58 bits per heavy atom. The second kappa shape index (κ2) is 4.11. The first kappa shape index (κ1) is 11.7. The van der Waals surface area contributed by atoms with Crippen LogP contribution in [0.2, 0.25) is 0 Å². The van der Waals surface area contributed by atoms with Crippen molar-refractivity contribution in [2.45, 2.75) is 53.9 Å². The molecule has 0 aromatic heterocycles. The number of allylic oxidation sites excluding steroid dienone is 1. The van der Waals surface area contributed by atoms with E-state index in [4.69, 9.17) is 0 Å². The Hall–Kier alpha value is -0.260. The largest absolute Gasteiger partial charge is 0.103 e. The predicted molar refractivity (Wildman–Crippen MR) is 57.3 cm³/mol. The van der Waals surface area contributed by atoms with Crippen LogP contribution in [0.4, 0.5) is 0 Å². The maximum absolute atomic E-state index is 3.92. The van der Waals surface area contributed by atoms with Gasteiger partial charge in [-0.05, 0) is 23.7 Å². The fraction of sp³-hybridized carbons (Fsp3) is 0.833. The van der Waals surface area contributed by atoms with E-state index in [2.05, 4.69) is 47.3 Å². The van der Waals surface area contributed by atoms with E-state index in [0.29, 0.717) is 10.8 Å². The highest BCUT2D eigenvalue weighted by molar-refractivity contribution is 4.93. The van der Waals surface area contributed by atoms with Gasteiger partial charge in [-0.2, -0.15) is 0 Å². The van der Waals surface area contributed by atoms with Crippen LogP contribution in [0.1, 0.15) is 53.9 Å². The molecule has 0 rings (SSSR count). The van der Waals surface area contributed by atoms with Crippen LogP contribution in [-0.2, 0) is 0 Å². The van der Waals surface area contributed by atoms with Gasteiger partial charge in [0.2, 0.25) is 0 Å². The molecule has 0 fully saturated rings. The summed E-state index contributed by atoms with van der Waals surface area (Å²) in [4.78, 5) is 0. The van der Waals surface area contributed by atoms with E-state index in [1.807, 2.05) is 0 Å². The molecule has 12 heavy (non-hydrogen) atoms. The average Bonchev–Trinajstić information content (AvgIpc) is 2.04. The molecule has 0 aliphatic rings. The third-order valence-electron chi connectivity index (χ3n) is 3.14. The molecule has 0 saturated carbocycles. The second-order valence-electron chi connectivity index (χ2n) is 4.91. The van der Waals surface area contributed by atoms with Crippen molar-refractivity contribution in [1.82, 2.24) is 0 Å². The van der Waals surface area contributed by atoms with Crippen LogP contribution in [0, 0.1) is 10.8 Å². The van der Waals surface area contributed by atoms with E-state index in [-0.39, 0.29) is 0 Å². The molecule has 0 bridgehead atoms. The molecule has 0 heteroatoms. The Labute approximate surface area is 78.1 Å². The van der Waals surface area contributed by atoms with Crippen molar-refractivity contribution < 1.29 is 0 Å². The van der Waals surface area contributed by atoms with E-state index in [9.17, 15) is 0 Å². The maximum atomic E-state index is 3.92. The minimum absolute atomic E-state index is 0.333. The minimum Gasteiger partial charge on any atom is -0.103 e. The van der Waals surface area contributed by atoms with Gasteiger partial charge in [-0.25, -0.2) is 0 Å².